The van der Waals surface area contributed by atoms with Gasteiger partial charge in [-0.3, -0.25) is 0 Å². The van der Waals surface area contributed by atoms with Crippen LogP contribution in [-0.2, 0) is 0 Å². The summed E-state index contributed by atoms with van der Waals surface area (Å²) in [5.41, 5.74) is 3.71. The number of hydrogen-bond acceptors (Lipinski definition) is 1. The molecular weight excluding hydrogens is 304 g/mol. The van der Waals surface area contributed by atoms with Crippen molar-refractivity contribution >= 4 is 0 Å². The second-order valence-electron chi connectivity index (χ2n) is 11.2. The normalized spacial score (nSPS) is 55.0. The van der Waals surface area contributed by atoms with E-state index in [0.29, 0.717) is 16.2 Å². The van der Waals surface area contributed by atoms with E-state index in [1.54, 1.807) is 5.57 Å². The maximum absolute atomic E-state index is 10.6. The highest BCUT2D eigenvalue weighted by Gasteiger charge is 2.63. The first-order chi connectivity index (χ1) is 11.5. The van der Waals surface area contributed by atoms with Crippen LogP contribution in [0.15, 0.2) is 23.8 Å². The summed E-state index contributed by atoms with van der Waals surface area (Å²) in [4.78, 5) is 0. The van der Waals surface area contributed by atoms with Gasteiger partial charge in [0.15, 0.2) is 0 Å². The molecular formula is C24H38O. The van der Waals surface area contributed by atoms with Gasteiger partial charge in [-0.1, -0.05) is 44.6 Å². The number of rotatable bonds is 1. The Bertz CT molecular complexity index is 628. The summed E-state index contributed by atoms with van der Waals surface area (Å²) in [5, 5.41) is 10.6. The molecule has 0 aromatic rings. The van der Waals surface area contributed by atoms with E-state index in [4.69, 9.17) is 0 Å². The lowest BCUT2D eigenvalue weighted by Gasteiger charge is -2.64. The van der Waals surface area contributed by atoms with E-state index in [-0.39, 0.29) is 0 Å². The lowest BCUT2D eigenvalue weighted by atomic mass is 9.41. The monoisotopic (exact) mass is 342 g/mol. The quantitative estimate of drug-likeness (QED) is 0.556. The molecule has 1 heteroatoms. The highest BCUT2D eigenvalue weighted by molar-refractivity contribution is 5.29. The molecule has 0 radical (unpaired) electrons. The molecule has 7 atom stereocenters. The van der Waals surface area contributed by atoms with E-state index in [1.807, 2.05) is 6.92 Å². The highest BCUT2D eigenvalue weighted by atomic mass is 16.3. The van der Waals surface area contributed by atoms with E-state index < -0.39 is 5.60 Å². The Balaban J connectivity index is 1.73. The topological polar surface area (TPSA) is 20.2 Å². The molecule has 4 aliphatic carbocycles. The van der Waals surface area contributed by atoms with Crippen LogP contribution < -0.4 is 0 Å². The third-order valence-corrected chi connectivity index (χ3v) is 9.54. The second-order valence-corrected chi connectivity index (χ2v) is 11.2. The summed E-state index contributed by atoms with van der Waals surface area (Å²) in [6, 6.07) is 0. The number of fused-ring (bicyclic) bond motifs is 5. The summed E-state index contributed by atoms with van der Waals surface area (Å²) in [6.45, 7) is 16.4. The summed E-state index contributed by atoms with van der Waals surface area (Å²) in [6.07, 6.45) is 12.3. The average Bonchev–Trinajstić information content (AvgIpc) is 2.87. The zero-order chi connectivity index (χ0) is 18.3. The minimum atomic E-state index is -0.485. The first-order valence-corrected chi connectivity index (χ1v) is 10.6. The van der Waals surface area contributed by atoms with E-state index in [9.17, 15) is 5.11 Å². The first kappa shape index (κ1) is 17.8. The summed E-state index contributed by atoms with van der Waals surface area (Å²) in [7, 11) is 0. The molecule has 0 spiro atoms. The second kappa shape index (κ2) is 5.24. The molecule has 0 aromatic carbocycles. The zero-order valence-electron chi connectivity index (χ0n) is 17.1. The van der Waals surface area contributed by atoms with Crippen LogP contribution in [-0.4, -0.2) is 10.7 Å². The SMILES string of the molecule is C=C(C)[C@H]1CC[C@@H]2[C@]1(C)CC[C@H]1[C@@]2(C)CC=C2C[C@@](C)(O)CC[C@@]21C. The molecule has 140 valence electrons. The Morgan fingerprint density at radius 2 is 1.72 bits per heavy atom. The van der Waals surface area contributed by atoms with Gasteiger partial charge < -0.3 is 5.11 Å². The predicted molar refractivity (Wildman–Crippen MR) is 105 cm³/mol. The Morgan fingerprint density at radius 1 is 1.00 bits per heavy atom. The molecule has 0 amide bonds. The fourth-order valence-corrected chi connectivity index (χ4v) is 8.27. The van der Waals surface area contributed by atoms with Crippen molar-refractivity contribution in [1.82, 2.24) is 0 Å². The number of hydrogen-bond donors (Lipinski definition) is 1. The van der Waals surface area contributed by atoms with Crippen molar-refractivity contribution in [2.75, 3.05) is 0 Å². The third-order valence-electron chi connectivity index (χ3n) is 9.54. The van der Waals surface area contributed by atoms with Crippen molar-refractivity contribution < 1.29 is 5.11 Å². The van der Waals surface area contributed by atoms with Crippen LogP contribution in [0.5, 0.6) is 0 Å². The smallest absolute Gasteiger partial charge is 0.0657 e. The molecule has 25 heavy (non-hydrogen) atoms. The van der Waals surface area contributed by atoms with Crippen molar-refractivity contribution in [3.05, 3.63) is 23.8 Å². The number of aliphatic hydroxyl groups is 1. The molecule has 3 saturated carbocycles. The molecule has 1 nitrogen and oxygen atoms in total. The van der Waals surface area contributed by atoms with Gasteiger partial charge in [0.2, 0.25) is 0 Å². The molecule has 4 rings (SSSR count). The van der Waals surface area contributed by atoms with E-state index in [1.165, 1.54) is 44.1 Å². The van der Waals surface area contributed by atoms with Gasteiger partial charge in [-0.2, -0.15) is 0 Å². The predicted octanol–water partition coefficient (Wildman–Crippen LogP) is 6.28. The van der Waals surface area contributed by atoms with Crippen LogP contribution >= 0.6 is 0 Å². The molecule has 0 bridgehead atoms. The molecule has 1 N–H and O–H groups in total. The lowest BCUT2D eigenvalue weighted by Crippen LogP contribution is -2.56. The third kappa shape index (κ3) is 2.30. The molecule has 0 unspecified atom stereocenters. The largest absolute Gasteiger partial charge is 0.390 e. The molecule has 0 saturated heterocycles. The Kier molecular flexibility index (Phi) is 3.74. The molecule has 0 aliphatic heterocycles. The fraction of sp³-hybridized carbons (Fsp3) is 0.833. The van der Waals surface area contributed by atoms with Gasteiger partial charge in [0.05, 0.1) is 5.60 Å². The van der Waals surface area contributed by atoms with E-state index in [2.05, 4.69) is 40.3 Å². The average molecular weight is 343 g/mol. The van der Waals surface area contributed by atoms with Gasteiger partial charge in [0, 0.05) is 0 Å². The van der Waals surface area contributed by atoms with Gasteiger partial charge in [-0.15, -0.1) is 0 Å². The van der Waals surface area contributed by atoms with E-state index in [0.717, 1.165) is 30.6 Å². The maximum atomic E-state index is 10.6. The Labute approximate surface area is 155 Å². The molecule has 4 aliphatic rings. The summed E-state index contributed by atoms with van der Waals surface area (Å²) < 4.78 is 0. The van der Waals surface area contributed by atoms with Gasteiger partial charge in [-0.25, -0.2) is 0 Å². The van der Waals surface area contributed by atoms with Crippen LogP contribution in [0.4, 0.5) is 0 Å². The van der Waals surface area contributed by atoms with Crippen LogP contribution in [0.2, 0.25) is 0 Å². The molecule has 3 fully saturated rings. The van der Waals surface area contributed by atoms with Crippen molar-refractivity contribution in [2.45, 2.75) is 91.6 Å². The van der Waals surface area contributed by atoms with Crippen molar-refractivity contribution in [3.8, 4) is 0 Å². The first-order valence-electron chi connectivity index (χ1n) is 10.6. The minimum Gasteiger partial charge on any atom is -0.390 e. The van der Waals surface area contributed by atoms with Gasteiger partial charge in [0.1, 0.15) is 0 Å². The Hall–Kier alpha value is -0.560. The van der Waals surface area contributed by atoms with Crippen LogP contribution in [0, 0.1) is 34.0 Å². The minimum absolute atomic E-state index is 0.317. The lowest BCUT2D eigenvalue weighted by molar-refractivity contribution is -0.113. The number of allylic oxidation sites excluding steroid dienone is 2. The van der Waals surface area contributed by atoms with Gasteiger partial charge in [-0.05, 0) is 99.2 Å². The van der Waals surface area contributed by atoms with Crippen molar-refractivity contribution in [1.29, 1.82) is 0 Å². The molecule has 0 aromatic heterocycles. The van der Waals surface area contributed by atoms with Crippen LogP contribution in [0.1, 0.15) is 86.0 Å². The summed E-state index contributed by atoms with van der Waals surface area (Å²) in [5.74, 6) is 2.34. The fourth-order valence-electron chi connectivity index (χ4n) is 8.27. The van der Waals surface area contributed by atoms with Crippen molar-refractivity contribution in [3.63, 3.8) is 0 Å². The molecule has 0 heterocycles. The van der Waals surface area contributed by atoms with Gasteiger partial charge >= 0.3 is 0 Å². The standard InChI is InChI=1S/C24H38O/c1-16(2)18-7-8-19-23(18,5)12-10-20-22(4)14-13-21(3,25)15-17(22)9-11-24(19,20)6/h9,18-20,25H,1,7-8,10-15H2,2-6H3/t18-,19-,20-,21+,22+,23-,24+/m1/s1. The Morgan fingerprint density at radius 3 is 2.40 bits per heavy atom. The zero-order valence-corrected chi connectivity index (χ0v) is 17.1. The van der Waals surface area contributed by atoms with Crippen LogP contribution in [0.25, 0.3) is 0 Å². The van der Waals surface area contributed by atoms with Crippen LogP contribution in [0.3, 0.4) is 0 Å². The maximum Gasteiger partial charge on any atom is 0.0657 e. The summed E-state index contributed by atoms with van der Waals surface area (Å²) >= 11 is 0. The van der Waals surface area contributed by atoms with Gasteiger partial charge in [0.25, 0.3) is 0 Å². The highest BCUT2D eigenvalue weighted by Crippen LogP contribution is 2.71. The van der Waals surface area contributed by atoms with Crippen molar-refractivity contribution in [2.24, 2.45) is 34.0 Å². The van der Waals surface area contributed by atoms with E-state index >= 15 is 0 Å².